The molecule has 1 heterocycles. The second-order valence-corrected chi connectivity index (χ2v) is 6.40. The molecule has 20 heavy (non-hydrogen) atoms. The number of aromatic nitrogens is 1. The number of aryl methyl sites for hydroxylation is 1. The number of hydrogen-bond acceptors (Lipinski definition) is 2. The summed E-state index contributed by atoms with van der Waals surface area (Å²) >= 11 is 1.45. The van der Waals surface area contributed by atoms with Crippen LogP contribution in [0.15, 0.2) is 23.0 Å². The molecule has 0 radical (unpaired) electrons. The predicted octanol–water partition coefficient (Wildman–Crippen LogP) is 5.27. The molecule has 0 atom stereocenters. The summed E-state index contributed by atoms with van der Waals surface area (Å²) in [4.78, 5) is 11.8. The molecule has 0 spiro atoms. The quantitative estimate of drug-likeness (QED) is 0.627. The second-order valence-electron chi connectivity index (χ2n) is 5.55. The number of benzene rings is 1. The van der Waals surface area contributed by atoms with Gasteiger partial charge in [0.15, 0.2) is 0 Å². The first kappa shape index (κ1) is 15.3. The summed E-state index contributed by atoms with van der Waals surface area (Å²) in [5.41, 5.74) is 1.30. The Hall–Kier alpha value is -1.09. The fourth-order valence-corrected chi connectivity index (χ4v) is 3.51. The van der Waals surface area contributed by atoms with Crippen LogP contribution in [-0.2, 0) is 6.42 Å². The van der Waals surface area contributed by atoms with Gasteiger partial charge in [-0.25, -0.2) is 0 Å². The van der Waals surface area contributed by atoms with Crippen LogP contribution in [0.1, 0.15) is 63.9 Å². The van der Waals surface area contributed by atoms with E-state index in [1.165, 1.54) is 68.5 Å². The number of fused-ring (bicyclic) bond motifs is 1. The van der Waals surface area contributed by atoms with Gasteiger partial charge in [0.05, 0.1) is 10.1 Å². The molecule has 3 heteroatoms. The molecular weight excluding hydrogens is 266 g/mol. The van der Waals surface area contributed by atoms with Crippen LogP contribution >= 0.6 is 11.5 Å². The molecule has 0 fully saturated rings. The highest BCUT2D eigenvalue weighted by Gasteiger charge is 2.06. The van der Waals surface area contributed by atoms with Crippen molar-refractivity contribution >= 4 is 21.6 Å². The molecule has 1 aromatic carbocycles. The van der Waals surface area contributed by atoms with Gasteiger partial charge in [-0.3, -0.25) is 9.17 Å². The van der Waals surface area contributed by atoms with Crippen LogP contribution in [0, 0.1) is 0 Å². The standard InChI is InChI=1S/C17H25NOS/c1-2-3-4-5-6-7-8-9-11-14-12-10-13-15-16(14)17(19)18-20-15/h10,12-13H,2-9,11H2,1H3,(H,18,19). The van der Waals surface area contributed by atoms with Crippen LogP contribution < -0.4 is 5.56 Å². The Labute approximate surface area is 125 Å². The number of rotatable bonds is 9. The maximum absolute atomic E-state index is 11.8. The molecule has 0 aliphatic rings. The van der Waals surface area contributed by atoms with Crippen molar-refractivity contribution in [2.75, 3.05) is 0 Å². The first-order valence-electron chi connectivity index (χ1n) is 7.92. The minimum Gasteiger partial charge on any atom is -0.277 e. The van der Waals surface area contributed by atoms with E-state index in [4.69, 9.17) is 0 Å². The summed E-state index contributed by atoms with van der Waals surface area (Å²) in [7, 11) is 0. The van der Waals surface area contributed by atoms with Crippen LogP contribution in [0.5, 0.6) is 0 Å². The van der Waals surface area contributed by atoms with Crippen molar-refractivity contribution in [2.45, 2.75) is 64.7 Å². The third-order valence-corrected chi connectivity index (χ3v) is 4.74. The lowest BCUT2D eigenvalue weighted by Gasteiger charge is -2.03. The average molecular weight is 291 g/mol. The molecular formula is C17H25NOS. The van der Waals surface area contributed by atoms with Gasteiger partial charge in [0.25, 0.3) is 5.56 Å². The van der Waals surface area contributed by atoms with Gasteiger partial charge in [-0.15, -0.1) is 0 Å². The highest BCUT2D eigenvalue weighted by Crippen LogP contribution is 2.20. The smallest absolute Gasteiger partial charge is 0.266 e. The Morgan fingerprint density at radius 2 is 1.70 bits per heavy atom. The highest BCUT2D eigenvalue weighted by molar-refractivity contribution is 7.13. The van der Waals surface area contributed by atoms with Gasteiger partial charge in [0.1, 0.15) is 0 Å². The Balaban J connectivity index is 1.73. The molecule has 0 amide bonds. The fourth-order valence-electron chi connectivity index (χ4n) is 2.73. The Kier molecular flexibility index (Phi) is 6.31. The molecule has 0 aliphatic heterocycles. The third-order valence-electron chi connectivity index (χ3n) is 3.89. The molecule has 2 rings (SSSR count). The highest BCUT2D eigenvalue weighted by atomic mass is 32.1. The molecule has 0 unspecified atom stereocenters. The van der Waals surface area contributed by atoms with E-state index in [9.17, 15) is 4.79 Å². The largest absolute Gasteiger partial charge is 0.277 e. The molecule has 1 N–H and O–H groups in total. The van der Waals surface area contributed by atoms with E-state index < -0.39 is 0 Å². The Morgan fingerprint density at radius 3 is 2.45 bits per heavy atom. The van der Waals surface area contributed by atoms with Gasteiger partial charge in [-0.05, 0) is 24.5 Å². The summed E-state index contributed by atoms with van der Waals surface area (Å²) in [6.45, 7) is 2.26. The lowest BCUT2D eigenvalue weighted by molar-refractivity contribution is 0.576. The van der Waals surface area contributed by atoms with Crippen molar-refractivity contribution in [1.82, 2.24) is 4.37 Å². The SMILES string of the molecule is CCCCCCCCCCc1cccc2s[nH]c(=O)c12. The monoisotopic (exact) mass is 291 g/mol. The Bertz CT molecular complexity index is 570. The minimum absolute atomic E-state index is 0.0835. The van der Waals surface area contributed by atoms with Gasteiger partial charge >= 0.3 is 0 Å². The molecule has 0 bridgehead atoms. The van der Waals surface area contributed by atoms with E-state index in [2.05, 4.69) is 23.4 Å². The van der Waals surface area contributed by atoms with Gasteiger partial charge in [-0.2, -0.15) is 0 Å². The van der Waals surface area contributed by atoms with Crippen LogP contribution in [0.25, 0.3) is 10.1 Å². The van der Waals surface area contributed by atoms with Crippen LogP contribution in [-0.4, -0.2) is 4.37 Å². The lowest BCUT2D eigenvalue weighted by atomic mass is 10.0. The van der Waals surface area contributed by atoms with E-state index in [1.54, 1.807) is 0 Å². The van der Waals surface area contributed by atoms with Gasteiger partial charge in [0.2, 0.25) is 0 Å². The summed E-state index contributed by atoms with van der Waals surface area (Å²) in [5, 5.41) is 0.917. The Morgan fingerprint density at radius 1 is 1.00 bits per heavy atom. The summed E-state index contributed by atoms with van der Waals surface area (Å²) < 4.78 is 3.92. The van der Waals surface area contributed by atoms with Crippen molar-refractivity contribution in [3.8, 4) is 0 Å². The molecule has 110 valence electrons. The maximum atomic E-state index is 11.8. The first-order valence-corrected chi connectivity index (χ1v) is 8.73. The number of hydrogen-bond donors (Lipinski definition) is 1. The van der Waals surface area contributed by atoms with Gasteiger partial charge in [0, 0.05) is 0 Å². The topological polar surface area (TPSA) is 32.9 Å². The van der Waals surface area contributed by atoms with Crippen molar-refractivity contribution in [1.29, 1.82) is 0 Å². The van der Waals surface area contributed by atoms with Crippen molar-refractivity contribution in [3.63, 3.8) is 0 Å². The van der Waals surface area contributed by atoms with Crippen molar-refractivity contribution < 1.29 is 0 Å². The summed E-state index contributed by atoms with van der Waals surface area (Å²) in [6, 6.07) is 6.19. The van der Waals surface area contributed by atoms with Gasteiger partial charge < -0.3 is 0 Å². The maximum Gasteiger partial charge on any atom is 0.266 e. The van der Waals surface area contributed by atoms with E-state index in [0.29, 0.717) is 0 Å². The third kappa shape index (κ3) is 4.20. The van der Waals surface area contributed by atoms with E-state index in [0.717, 1.165) is 16.5 Å². The van der Waals surface area contributed by atoms with E-state index in [-0.39, 0.29) is 5.56 Å². The van der Waals surface area contributed by atoms with Gasteiger partial charge in [-0.1, -0.05) is 75.5 Å². The van der Waals surface area contributed by atoms with E-state index in [1.807, 2.05) is 6.07 Å². The molecule has 0 saturated heterocycles. The van der Waals surface area contributed by atoms with Crippen LogP contribution in [0.3, 0.4) is 0 Å². The van der Waals surface area contributed by atoms with Crippen molar-refractivity contribution in [3.05, 3.63) is 34.1 Å². The normalized spacial score (nSPS) is 11.2. The molecule has 0 aliphatic carbocycles. The number of H-pyrrole nitrogens is 1. The zero-order chi connectivity index (χ0) is 14.2. The fraction of sp³-hybridized carbons (Fsp3) is 0.588. The molecule has 1 aromatic heterocycles. The summed E-state index contributed by atoms with van der Waals surface area (Å²) in [6.07, 6.45) is 11.7. The lowest BCUT2D eigenvalue weighted by Crippen LogP contribution is -2.00. The van der Waals surface area contributed by atoms with Crippen LogP contribution in [0.2, 0.25) is 0 Å². The molecule has 2 aromatic rings. The summed E-state index contributed by atoms with van der Waals surface area (Å²) in [5.74, 6) is 0. The number of aromatic amines is 1. The zero-order valence-corrected chi connectivity index (χ0v) is 13.2. The predicted molar refractivity (Wildman–Crippen MR) is 88.8 cm³/mol. The number of unbranched alkanes of at least 4 members (excludes halogenated alkanes) is 7. The number of nitrogens with one attached hydrogen (secondary N) is 1. The van der Waals surface area contributed by atoms with Crippen LogP contribution in [0.4, 0.5) is 0 Å². The van der Waals surface area contributed by atoms with Crippen molar-refractivity contribution in [2.24, 2.45) is 0 Å². The molecule has 0 saturated carbocycles. The average Bonchev–Trinajstić information content (AvgIpc) is 2.84. The molecule has 2 nitrogen and oxygen atoms in total. The zero-order valence-electron chi connectivity index (χ0n) is 12.4. The first-order chi connectivity index (χ1) is 9.83. The van der Waals surface area contributed by atoms with E-state index >= 15 is 0 Å². The minimum atomic E-state index is 0.0835. The second kappa shape index (κ2) is 8.25.